The molecule has 0 aliphatic rings. The Morgan fingerprint density at radius 1 is 1.58 bits per heavy atom. The van der Waals surface area contributed by atoms with Crippen molar-refractivity contribution in [2.24, 2.45) is 11.5 Å². The molecule has 0 aromatic heterocycles. The van der Waals surface area contributed by atoms with Crippen LogP contribution in [0, 0.1) is 0 Å². The Kier molecular flexibility index (Phi) is 8.69. The van der Waals surface area contributed by atoms with Crippen molar-refractivity contribution in [2.45, 2.75) is 32.4 Å². The second kappa shape index (κ2) is 7.34. The summed E-state index contributed by atoms with van der Waals surface area (Å²) in [5.74, 6) is -0.120. The van der Waals surface area contributed by atoms with E-state index in [0.29, 0.717) is 13.0 Å². The number of amides is 1. The molecule has 0 aliphatic carbocycles. The third-order valence-electron chi connectivity index (χ3n) is 1.52. The molecule has 0 aromatic rings. The van der Waals surface area contributed by atoms with Crippen LogP contribution in [0.15, 0.2) is 0 Å². The van der Waals surface area contributed by atoms with E-state index < -0.39 is 6.04 Å². The first-order valence-corrected chi connectivity index (χ1v) is 3.87. The van der Waals surface area contributed by atoms with E-state index in [1.807, 2.05) is 13.8 Å². The fourth-order valence-electron chi connectivity index (χ4n) is 0.594. The maximum Gasteiger partial charge on any atom is 0.237 e. The Bertz CT molecular complexity index is 132. The van der Waals surface area contributed by atoms with E-state index in [4.69, 9.17) is 11.5 Å². The molecule has 0 rings (SSSR count). The van der Waals surface area contributed by atoms with Gasteiger partial charge in [0, 0.05) is 12.6 Å². The van der Waals surface area contributed by atoms with Gasteiger partial charge < -0.3 is 16.8 Å². The second-order valence-electron chi connectivity index (χ2n) is 2.66. The Hall–Kier alpha value is -0.320. The molecule has 0 saturated carbocycles. The van der Waals surface area contributed by atoms with Gasteiger partial charge in [0.2, 0.25) is 5.91 Å². The van der Waals surface area contributed by atoms with Crippen molar-refractivity contribution in [3.05, 3.63) is 0 Å². The van der Waals surface area contributed by atoms with Crippen LogP contribution in [0.2, 0.25) is 0 Å². The highest BCUT2D eigenvalue weighted by Crippen LogP contribution is 1.86. The number of hydrogen-bond donors (Lipinski definition) is 3. The standard InChI is InChI=1S/C7H17N3O.ClH/c1-3-6(9)7(11)10-5(2)4-8;/h5-6H,3-4,8-9H2,1-2H3,(H,10,11);1H/t5-,6-;/m0./s1. The van der Waals surface area contributed by atoms with E-state index in [-0.39, 0.29) is 24.4 Å². The van der Waals surface area contributed by atoms with Crippen LogP contribution in [-0.2, 0) is 4.79 Å². The SMILES string of the molecule is CC[C@H](N)C(=O)N[C@@H](C)CN.Cl. The molecule has 2 atom stereocenters. The molecule has 0 fully saturated rings. The van der Waals surface area contributed by atoms with Gasteiger partial charge in [0.1, 0.15) is 0 Å². The molecule has 0 spiro atoms. The minimum absolute atomic E-state index is 0. The van der Waals surface area contributed by atoms with E-state index in [1.165, 1.54) is 0 Å². The highest BCUT2D eigenvalue weighted by molar-refractivity contribution is 5.85. The van der Waals surface area contributed by atoms with Crippen LogP contribution >= 0.6 is 12.4 Å². The molecule has 74 valence electrons. The summed E-state index contributed by atoms with van der Waals surface area (Å²) in [5.41, 5.74) is 10.8. The Balaban J connectivity index is 0. The average Bonchev–Trinajstić information content (AvgIpc) is 2.02. The molecular formula is C7H18ClN3O. The third-order valence-corrected chi connectivity index (χ3v) is 1.52. The minimum atomic E-state index is -0.399. The summed E-state index contributed by atoms with van der Waals surface area (Å²) in [7, 11) is 0. The van der Waals surface area contributed by atoms with Crippen LogP contribution in [0.3, 0.4) is 0 Å². The van der Waals surface area contributed by atoms with Gasteiger partial charge in [0.25, 0.3) is 0 Å². The van der Waals surface area contributed by atoms with Gasteiger partial charge in [0.15, 0.2) is 0 Å². The zero-order valence-corrected chi connectivity index (χ0v) is 8.36. The van der Waals surface area contributed by atoms with Crippen LogP contribution in [-0.4, -0.2) is 24.5 Å². The molecule has 0 aromatic carbocycles. The zero-order valence-electron chi connectivity index (χ0n) is 7.54. The number of hydrogen-bond acceptors (Lipinski definition) is 3. The van der Waals surface area contributed by atoms with Crippen molar-refractivity contribution >= 4 is 18.3 Å². The van der Waals surface area contributed by atoms with Crippen molar-refractivity contribution in [1.29, 1.82) is 0 Å². The fourth-order valence-corrected chi connectivity index (χ4v) is 0.594. The normalized spacial score (nSPS) is 14.3. The number of nitrogens with two attached hydrogens (primary N) is 2. The topological polar surface area (TPSA) is 81.1 Å². The van der Waals surface area contributed by atoms with Crippen LogP contribution in [0.5, 0.6) is 0 Å². The molecule has 0 saturated heterocycles. The van der Waals surface area contributed by atoms with Gasteiger partial charge in [-0.05, 0) is 13.3 Å². The molecule has 0 unspecified atom stereocenters. The first-order valence-electron chi connectivity index (χ1n) is 3.87. The summed E-state index contributed by atoms with van der Waals surface area (Å²) in [6.45, 7) is 4.17. The summed E-state index contributed by atoms with van der Waals surface area (Å²) in [6, 6.07) is -0.385. The van der Waals surface area contributed by atoms with Crippen molar-refractivity contribution in [1.82, 2.24) is 5.32 Å². The maximum absolute atomic E-state index is 11.1. The number of carbonyl (C=O) groups is 1. The maximum atomic E-state index is 11.1. The predicted octanol–water partition coefficient (Wildman–Crippen LogP) is -0.391. The lowest BCUT2D eigenvalue weighted by Gasteiger charge is -2.14. The van der Waals surface area contributed by atoms with Crippen LogP contribution in [0.1, 0.15) is 20.3 Å². The summed E-state index contributed by atoms with van der Waals surface area (Å²) in [4.78, 5) is 11.1. The average molecular weight is 196 g/mol. The Labute approximate surface area is 79.5 Å². The van der Waals surface area contributed by atoms with E-state index in [9.17, 15) is 4.79 Å². The largest absolute Gasteiger partial charge is 0.351 e. The van der Waals surface area contributed by atoms with Gasteiger partial charge in [-0.15, -0.1) is 12.4 Å². The molecule has 12 heavy (non-hydrogen) atoms. The molecule has 5 N–H and O–H groups in total. The molecule has 0 radical (unpaired) electrons. The van der Waals surface area contributed by atoms with Gasteiger partial charge >= 0.3 is 0 Å². The van der Waals surface area contributed by atoms with E-state index >= 15 is 0 Å². The van der Waals surface area contributed by atoms with E-state index in [0.717, 1.165) is 0 Å². The predicted molar refractivity (Wildman–Crippen MR) is 52.2 cm³/mol. The summed E-state index contributed by atoms with van der Waals surface area (Å²) in [5, 5.41) is 2.69. The molecule has 0 heterocycles. The molecule has 0 aliphatic heterocycles. The lowest BCUT2D eigenvalue weighted by atomic mass is 10.2. The Morgan fingerprint density at radius 2 is 2.08 bits per heavy atom. The summed E-state index contributed by atoms with van der Waals surface area (Å²) >= 11 is 0. The van der Waals surface area contributed by atoms with Crippen molar-refractivity contribution < 1.29 is 4.79 Å². The number of halogens is 1. The van der Waals surface area contributed by atoms with Gasteiger partial charge in [-0.1, -0.05) is 6.92 Å². The van der Waals surface area contributed by atoms with Crippen molar-refractivity contribution in [3.63, 3.8) is 0 Å². The van der Waals surface area contributed by atoms with Crippen molar-refractivity contribution in [3.8, 4) is 0 Å². The zero-order chi connectivity index (χ0) is 8.85. The van der Waals surface area contributed by atoms with Crippen LogP contribution in [0.25, 0.3) is 0 Å². The van der Waals surface area contributed by atoms with Gasteiger partial charge in [-0.2, -0.15) is 0 Å². The third kappa shape index (κ3) is 5.35. The monoisotopic (exact) mass is 195 g/mol. The first kappa shape index (κ1) is 14.2. The molecule has 5 heteroatoms. The van der Waals surface area contributed by atoms with Gasteiger partial charge in [-0.3, -0.25) is 4.79 Å². The quantitative estimate of drug-likeness (QED) is 0.572. The van der Waals surface area contributed by atoms with E-state index in [2.05, 4.69) is 5.32 Å². The van der Waals surface area contributed by atoms with E-state index in [1.54, 1.807) is 0 Å². The molecule has 4 nitrogen and oxygen atoms in total. The molecule has 0 bridgehead atoms. The molecule has 1 amide bonds. The highest BCUT2D eigenvalue weighted by Gasteiger charge is 2.11. The van der Waals surface area contributed by atoms with Crippen molar-refractivity contribution in [2.75, 3.05) is 6.54 Å². The summed E-state index contributed by atoms with van der Waals surface area (Å²) in [6.07, 6.45) is 0.656. The van der Waals surface area contributed by atoms with Gasteiger partial charge in [0.05, 0.1) is 6.04 Å². The summed E-state index contributed by atoms with van der Waals surface area (Å²) < 4.78 is 0. The number of nitrogens with one attached hydrogen (secondary N) is 1. The lowest BCUT2D eigenvalue weighted by Crippen LogP contribution is -2.46. The lowest BCUT2D eigenvalue weighted by molar-refractivity contribution is -0.122. The van der Waals surface area contributed by atoms with Crippen LogP contribution in [0.4, 0.5) is 0 Å². The fraction of sp³-hybridized carbons (Fsp3) is 0.857. The smallest absolute Gasteiger partial charge is 0.237 e. The van der Waals surface area contributed by atoms with Gasteiger partial charge in [-0.25, -0.2) is 0 Å². The Morgan fingerprint density at radius 3 is 2.42 bits per heavy atom. The van der Waals surface area contributed by atoms with Crippen LogP contribution < -0.4 is 16.8 Å². The minimum Gasteiger partial charge on any atom is -0.351 e. The first-order chi connectivity index (χ1) is 5.11. The number of carbonyl (C=O) groups excluding carboxylic acids is 1. The molecular weight excluding hydrogens is 178 g/mol. The number of rotatable bonds is 4. The second-order valence-corrected chi connectivity index (χ2v) is 2.66. The highest BCUT2D eigenvalue weighted by atomic mass is 35.5.